The summed E-state index contributed by atoms with van der Waals surface area (Å²) in [5.74, 6) is -0.718. The molecule has 1 aliphatic rings. The Balaban J connectivity index is 2.32. The Hall–Kier alpha value is -1.37. The van der Waals surface area contributed by atoms with Crippen LogP contribution in [0.3, 0.4) is 0 Å². The molecule has 1 fully saturated rings. The quantitative estimate of drug-likeness (QED) is 0.655. The van der Waals surface area contributed by atoms with E-state index in [1.807, 2.05) is 0 Å². The van der Waals surface area contributed by atoms with E-state index < -0.39 is 11.4 Å². The average molecular weight is 334 g/mol. The van der Waals surface area contributed by atoms with E-state index in [9.17, 15) is 9.18 Å². The molecule has 8 heteroatoms. The molecule has 114 valence electrons. The van der Waals surface area contributed by atoms with Crippen molar-refractivity contribution < 1.29 is 13.9 Å². The molecule has 1 aromatic rings. The standard InChI is InChI=1S/C13H14Cl2FN3O2/c1-13(7-5-10(16)9(15)6-8(7)14)11(20)18-12(19-13)17-3-4-21-2/h5-6H,3-4H2,1-2H3,(H2,17,18,19,20). The van der Waals surface area contributed by atoms with Gasteiger partial charge in [-0.1, -0.05) is 23.2 Å². The molecule has 0 aromatic heterocycles. The first-order valence-corrected chi connectivity index (χ1v) is 6.92. The van der Waals surface area contributed by atoms with Crippen molar-refractivity contribution in [1.29, 1.82) is 0 Å². The zero-order valence-corrected chi connectivity index (χ0v) is 13.0. The summed E-state index contributed by atoms with van der Waals surface area (Å²) in [6, 6.07) is 2.42. The summed E-state index contributed by atoms with van der Waals surface area (Å²) in [5, 5.41) is 5.61. The molecule has 1 amide bonds. The minimum Gasteiger partial charge on any atom is -0.383 e. The minimum atomic E-state index is -1.21. The third kappa shape index (κ3) is 3.12. The van der Waals surface area contributed by atoms with Gasteiger partial charge < -0.3 is 10.1 Å². The van der Waals surface area contributed by atoms with Crippen molar-refractivity contribution in [3.05, 3.63) is 33.6 Å². The summed E-state index contributed by atoms with van der Waals surface area (Å²) < 4.78 is 18.5. The maximum atomic E-state index is 13.7. The van der Waals surface area contributed by atoms with Crippen LogP contribution in [0.4, 0.5) is 4.39 Å². The summed E-state index contributed by atoms with van der Waals surface area (Å²) in [4.78, 5) is 16.3. The van der Waals surface area contributed by atoms with E-state index in [0.717, 1.165) is 6.07 Å². The number of ether oxygens (including phenoxy) is 1. The number of carbonyl (C=O) groups excluding carboxylic acids is 1. The second kappa shape index (κ2) is 6.17. The molecule has 1 aromatic carbocycles. The molecule has 1 saturated heterocycles. The van der Waals surface area contributed by atoms with Crippen LogP contribution < -0.4 is 10.6 Å². The molecule has 0 radical (unpaired) electrons. The van der Waals surface area contributed by atoms with Gasteiger partial charge in [0.05, 0.1) is 18.2 Å². The van der Waals surface area contributed by atoms with Gasteiger partial charge in [0.2, 0.25) is 0 Å². The lowest BCUT2D eigenvalue weighted by Gasteiger charge is -2.23. The lowest BCUT2D eigenvalue weighted by molar-refractivity contribution is -0.123. The Morgan fingerprint density at radius 2 is 2.10 bits per heavy atom. The second-order valence-corrected chi connectivity index (χ2v) is 5.49. The molecule has 1 aliphatic heterocycles. The predicted octanol–water partition coefficient (Wildman–Crippen LogP) is 2.07. The van der Waals surface area contributed by atoms with Crippen molar-refractivity contribution in [2.24, 2.45) is 4.99 Å². The van der Waals surface area contributed by atoms with Gasteiger partial charge in [-0.2, -0.15) is 0 Å². The lowest BCUT2D eigenvalue weighted by Crippen LogP contribution is -2.41. The number of hydrogen-bond acceptors (Lipinski definition) is 3. The number of carbonyl (C=O) groups is 1. The van der Waals surface area contributed by atoms with E-state index in [4.69, 9.17) is 27.9 Å². The zero-order chi connectivity index (χ0) is 15.6. The van der Waals surface area contributed by atoms with Crippen LogP contribution in [0.25, 0.3) is 0 Å². The van der Waals surface area contributed by atoms with E-state index in [1.165, 1.54) is 6.07 Å². The first-order valence-electron chi connectivity index (χ1n) is 6.16. The van der Waals surface area contributed by atoms with Gasteiger partial charge in [-0.15, -0.1) is 0 Å². The molecular formula is C13H14Cl2FN3O2. The van der Waals surface area contributed by atoms with E-state index in [-0.39, 0.29) is 16.0 Å². The number of benzene rings is 1. The van der Waals surface area contributed by atoms with Crippen LogP contribution in [-0.4, -0.2) is 32.1 Å². The van der Waals surface area contributed by atoms with E-state index in [1.54, 1.807) is 14.0 Å². The third-order valence-corrected chi connectivity index (χ3v) is 3.77. The van der Waals surface area contributed by atoms with Gasteiger partial charge in [-0.25, -0.2) is 4.39 Å². The second-order valence-electron chi connectivity index (χ2n) is 4.67. The van der Waals surface area contributed by atoms with Crippen LogP contribution >= 0.6 is 23.2 Å². The molecule has 0 spiro atoms. The van der Waals surface area contributed by atoms with Crippen LogP contribution in [0, 0.1) is 5.82 Å². The number of rotatable bonds is 4. The Kier molecular flexibility index (Phi) is 4.70. The molecule has 0 saturated carbocycles. The van der Waals surface area contributed by atoms with Gasteiger partial charge in [-0.05, 0) is 19.1 Å². The van der Waals surface area contributed by atoms with Gasteiger partial charge in [0.15, 0.2) is 5.96 Å². The van der Waals surface area contributed by atoms with Crippen molar-refractivity contribution in [2.45, 2.75) is 12.5 Å². The summed E-state index contributed by atoms with van der Waals surface area (Å²) in [5.41, 5.74) is -0.922. The number of guanidine groups is 1. The molecule has 5 nitrogen and oxygen atoms in total. The van der Waals surface area contributed by atoms with Crippen molar-refractivity contribution >= 4 is 35.1 Å². The molecule has 2 rings (SSSR count). The molecule has 0 bridgehead atoms. The Bertz CT molecular complexity index is 609. The van der Waals surface area contributed by atoms with E-state index >= 15 is 0 Å². The lowest BCUT2D eigenvalue weighted by atomic mass is 9.92. The topological polar surface area (TPSA) is 62.7 Å². The van der Waals surface area contributed by atoms with E-state index in [2.05, 4.69) is 15.6 Å². The normalized spacial score (nSPS) is 23.3. The number of methoxy groups -OCH3 is 1. The van der Waals surface area contributed by atoms with Gasteiger partial charge in [0, 0.05) is 17.7 Å². The highest BCUT2D eigenvalue weighted by Gasteiger charge is 2.44. The molecule has 2 N–H and O–H groups in total. The Morgan fingerprint density at radius 3 is 2.76 bits per heavy atom. The van der Waals surface area contributed by atoms with Gasteiger partial charge in [0.25, 0.3) is 5.91 Å². The zero-order valence-electron chi connectivity index (χ0n) is 11.5. The SMILES string of the molecule is COCCN=C1NC(=O)C(C)(c2cc(F)c(Cl)cc2Cl)N1. The Morgan fingerprint density at radius 1 is 1.38 bits per heavy atom. The monoisotopic (exact) mass is 333 g/mol. The number of nitrogens with one attached hydrogen (secondary N) is 2. The van der Waals surface area contributed by atoms with Crippen LogP contribution in [0.1, 0.15) is 12.5 Å². The van der Waals surface area contributed by atoms with Crippen molar-refractivity contribution in [3.8, 4) is 0 Å². The Labute approximate surface area is 131 Å². The fourth-order valence-electron chi connectivity index (χ4n) is 1.98. The van der Waals surface area contributed by atoms with Crippen molar-refractivity contribution in [3.63, 3.8) is 0 Å². The average Bonchev–Trinajstić information content (AvgIpc) is 2.70. The summed E-state index contributed by atoms with van der Waals surface area (Å²) in [6.45, 7) is 2.40. The number of amides is 1. The van der Waals surface area contributed by atoms with E-state index in [0.29, 0.717) is 24.7 Å². The molecule has 21 heavy (non-hydrogen) atoms. The molecule has 1 atom stereocenters. The molecule has 0 aliphatic carbocycles. The smallest absolute Gasteiger partial charge is 0.256 e. The highest BCUT2D eigenvalue weighted by molar-refractivity contribution is 6.35. The van der Waals surface area contributed by atoms with Gasteiger partial charge >= 0.3 is 0 Å². The number of aliphatic imine (C=N–C) groups is 1. The number of hydrogen-bond donors (Lipinski definition) is 2. The fraction of sp³-hybridized carbons (Fsp3) is 0.385. The number of halogens is 3. The van der Waals surface area contributed by atoms with Gasteiger partial charge in [-0.3, -0.25) is 15.1 Å². The molecule has 1 unspecified atom stereocenters. The van der Waals surface area contributed by atoms with Crippen LogP contribution in [0.2, 0.25) is 10.0 Å². The maximum absolute atomic E-state index is 13.7. The molecular weight excluding hydrogens is 320 g/mol. The summed E-state index contributed by atoms with van der Waals surface area (Å²) in [7, 11) is 1.56. The largest absolute Gasteiger partial charge is 0.383 e. The van der Waals surface area contributed by atoms with Crippen molar-refractivity contribution in [1.82, 2.24) is 10.6 Å². The predicted molar refractivity (Wildman–Crippen MR) is 79.2 cm³/mol. The first-order chi connectivity index (χ1) is 9.88. The fourth-order valence-corrected chi connectivity index (χ4v) is 2.55. The number of nitrogens with zero attached hydrogens (tertiary/aromatic N) is 1. The highest BCUT2D eigenvalue weighted by atomic mass is 35.5. The summed E-state index contributed by atoms with van der Waals surface area (Å²) >= 11 is 11.7. The van der Waals surface area contributed by atoms with Crippen LogP contribution in [-0.2, 0) is 15.1 Å². The highest BCUT2D eigenvalue weighted by Crippen LogP contribution is 2.33. The summed E-state index contributed by atoms with van der Waals surface area (Å²) in [6.07, 6.45) is 0. The van der Waals surface area contributed by atoms with Crippen LogP contribution in [0.5, 0.6) is 0 Å². The maximum Gasteiger partial charge on any atom is 0.256 e. The molecule has 1 heterocycles. The third-order valence-electron chi connectivity index (χ3n) is 3.17. The minimum absolute atomic E-state index is 0.0975. The van der Waals surface area contributed by atoms with Gasteiger partial charge in [0.1, 0.15) is 11.4 Å². The van der Waals surface area contributed by atoms with Crippen molar-refractivity contribution in [2.75, 3.05) is 20.3 Å². The first kappa shape index (κ1) is 16.0. The van der Waals surface area contributed by atoms with Crippen LogP contribution in [0.15, 0.2) is 17.1 Å².